The largest absolute Gasteiger partial charge is 0.481 e. The molecule has 0 aliphatic heterocycles. The van der Waals surface area contributed by atoms with Crippen molar-refractivity contribution >= 4 is 11.8 Å². The van der Waals surface area contributed by atoms with Crippen molar-refractivity contribution in [2.24, 2.45) is 0 Å². The van der Waals surface area contributed by atoms with E-state index >= 15 is 0 Å². The normalized spacial score (nSPS) is 11.1. The molecule has 5 heteroatoms. The standard InChI is InChI=1S/C26H22O5/c1-30-24(26(28)29)18-20-11-9-19(10-12-20)6-5-17-31-23-15-13-22(14-16-23)25(27)21-7-3-2-4-8-21/h2-4,7-16,24H,17-18H2,1H3,(H,28,29). The van der Waals surface area contributed by atoms with Gasteiger partial charge in [-0.2, -0.15) is 0 Å². The molecule has 1 N–H and O–H groups in total. The van der Waals surface area contributed by atoms with Gasteiger partial charge < -0.3 is 14.6 Å². The van der Waals surface area contributed by atoms with Gasteiger partial charge in [-0.15, -0.1) is 0 Å². The van der Waals surface area contributed by atoms with Crippen LogP contribution >= 0.6 is 0 Å². The molecule has 0 bridgehead atoms. The third-order valence-electron chi connectivity index (χ3n) is 4.63. The van der Waals surface area contributed by atoms with Crippen molar-refractivity contribution in [3.63, 3.8) is 0 Å². The van der Waals surface area contributed by atoms with E-state index in [0.29, 0.717) is 23.3 Å². The first-order valence-corrected chi connectivity index (χ1v) is 9.73. The SMILES string of the molecule is COC(Cc1ccc(C#CCOc2ccc(C(=O)c3ccccc3)cc2)cc1)C(=O)O. The second-order valence-electron chi connectivity index (χ2n) is 6.77. The molecule has 0 aliphatic rings. The molecule has 1 atom stereocenters. The fourth-order valence-electron chi connectivity index (χ4n) is 2.93. The number of ketones is 1. The van der Waals surface area contributed by atoms with Gasteiger partial charge >= 0.3 is 5.97 Å². The van der Waals surface area contributed by atoms with Gasteiger partial charge in [0.05, 0.1) is 0 Å². The quantitative estimate of drug-likeness (QED) is 0.446. The van der Waals surface area contributed by atoms with Crippen molar-refractivity contribution in [2.75, 3.05) is 13.7 Å². The molecule has 0 spiro atoms. The molecule has 1 unspecified atom stereocenters. The van der Waals surface area contributed by atoms with E-state index in [1.165, 1.54) is 7.11 Å². The van der Waals surface area contributed by atoms with E-state index in [1.54, 1.807) is 36.4 Å². The van der Waals surface area contributed by atoms with Crippen molar-refractivity contribution in [3.05, 3.63) is 101 Å². The summed E-state index contributed by atoms with van der Waals surface area (Å²) in [6.07, 6.45) is -0.564. The lowest BCUT2D eigenvalue weighted by atomic mass is 10.0. The van der Waals surface area contributed by atoms with Crippen LogP contribution in [0.25, 0.3) is 0 Å². The Labute approximate surface area is 181 Å². The molecule has 0 heterocycles. The Morgan fingerprint density at radius 1 is 0.903 bits per heavy atom. The number of carboxylic acid groups (broad SMARTS) is 1. The summed E-state index contributed by atoms with van der Waals surface area (Å²) in [6.45, 7) is 0.207. The minimum Gasteiger partial charge on any atom is -0.481 e. The van der Waals surface area contributed by atoms with Crippen LogP contribution in [0.5, 0.6) is 5.75 Å². The van der Waals surface area contributed by atoms with E-state index in [1.807, 2.05) is 42.5 Å². The Bertz CT molecular complexity index is 1070. The third kappa shape index (κ3) is 6.30. The highest BCUT2D eigenvalue weighted by Crippen LogP contribution is 2.15. The zero-order chi connectivity index (χ0) is 22.1. The van der Waals surface area contributed by atoms with Crippen LogP contribution in [0, 0.1) is 11.8 Å². The molecular formula is C26H22O5. The first-order valence-electron chi connectivity index (χ1n) is 9.73. The highest BCUT2D eigenvalue weighted by Gasteiger charge is 2.16. The topological polar surface area (TPSA) is 72.8 Å². The molecule has 0 aromatic heterocycles. The maximum absolute atomic E-state index is 12.4. The van der Waals surface area contributed by atoms with E-state index < -0.39 is 12.1 Å². The molecular weight excluding hydrogens is 392 g/mol. The molecule has 156 valence electrons. The van der Waals surface area contributed by atoms with Crippen LogP contribution in [0.4, 0.5) is 0 Å². The second-order valence-corrected chi connectivity index (χ2v) is 6.77. The van der Waals surface area contributed by atoms with Crippen LogP contribution in [-0.2, 0) is 16.0 Å². The smallest absolute Gasteiger partial charge is 0.333 e. The Morgan fingerprint density at radius 3 is 2.16 bits per heavy atom. The predicted octanol–water partition coefficient (Wildman–Crippen LogP) is 3.99. The van der Waals surface area contributed by atoms with E-state index in [2.05, 4.69) is 11.8 Å². The van der Waals surface area contributed by atoms with Crippen molar-refractivity contribution in [1.29, 1.82) is 0 Å². The first-order chi connectivity index (χ1) is 15.1. The van der Waals surface area contributed by atoms with Gasteiger partial charge in [-0.05, 0) is 42.0 Å². The number of carbonyl (C=O) groups is 2. The summed E-state index contributed by atoms with van der Waals surface area (Å²) in [5.41, 5.74) is 2.92. The number of carbonyl (C=O) groups excluding carboxylic acids is 1. The number of aliphatic carboxylic acids is 1. The molecule has 0 saturated carbocycles. The predicted molar refractivity (Wildman–Crippen MR) is 117 cm³/mol. The van der Waals surface area contributed by atoms with Crippen LogP contribution in [-0.4, -0.2) is 36.7 Å². The monoisotopic (exact) mass is 414 g/mol. The minimum atomic E-state index is -0.985. The molecule has 0 fully saturated rings. The lowest BCUT2D eigenvalue weighted by molar-refractivity contribution is -0.148. The number of carboxylic acids is 1. The van der Waals surface area contributed by atoms with Gasteiger partial charge in [0.15, 0.2) is 11.9 Å². The third-order valence-corrected chi connectivity index (χ3v) is 4.63. The maximum atomic E-state index is 12.4. The zero-order valence-corrected chi connectivity index (χ0v) is 17.1. The van der Waals surface area contributed by atoms with Crippen LogP contribution in [0.15, 0.2) is 78.9 Å². The van der Waals surface area contributed by atoms with Crippen molar-refractivity contribution in [1.82, 2.24) is 0 Å². The van der Waals surface area contributed by atoms with Gasteiger partial charge in [0.1, 0.15) is 12.4 Å². The van der Waals surface area contributed by atoms with Crippen molar-refractivity contribution < 1.29 is 24.2 Å². The second kappa shape index (κ2) is 10.8. The number of benzene rings is 3. The molecule has 5 nitrogen and oxygen atoms in total. The number of rotatable bonds is 8. The zero-order valence-electron chi connectivity index (χ0n) is 17.1. The Kier molecular flexibility index (Phi) is 7.58. The van der Waals surface area contributed by atoms with Gasteiger partial charge in [0.25, 0.3) is 0 Å². The van der Waals surface area contributed by atoms with E-state index in [4.69, 9.17) is 14.6 Å². The van der Waals surface area contributed by atoms with Crippen molar-refractivity contribution in [3.8, 4) is 17.6 Å². The maximum Gasteiger partial charge on any atom is 0.333 e. The summed E-state index contributed by atoms with van der Waals surface area (Å²) in [5.74, 6) is 5.57. The number of methoxy groups -OCH3 is 1. The average Bonchev–Trinajstić information content (AvgIpc) is 2.81. The number of hydrogen-bond donors (Lipinski definition) is 1. The van der Waals surface area contributed by atoms with Gasteiger partial charge in [-0.1, -0.05) is 54.3 Å². The number of ether oxygens (including phenoxy) is 2. The van der Waals surface area contributed by atoms with Gasteiger partial charge in [0.2, 0.25) is 0 Å². The molecule has 3 rings (SSSR count). The van der Waals surface area contributed by atoms with Crippen LogP contribution in [0.1, 0.15) is 27.0 Å². The van der Waals surface area contributed by atoms with Gasteiger partial charge in [0, 0.05) is 30.2 Å². The van der Waals surface area contributed by atoms with E-state index in [9.17, 15) is 9.59 Å². The van der Waals surface area contributed by atoms with Crippen molar-refractivity contribution in [2.45, 2.75) is 12.5 Å². The molecule has 31 heavy (non-hydrogen) atoms. The highest BCUT2D eigenvalue weighted by molar-refractivity contribution is 6.08. The summed E-state index contributed by atoms with van der Waals surface area (Å²) in [6, 6.07) is 23.4. The Hall–Kier alpha value is -3.88. The lowest BCUT2D eigenvalue weighted by Gasteiger charge is -2.10. The minimum absolute atomic E-state index is 0.0319. The fraction of sp³-hybridized carbons (Fsp3) is 0.154. The average molecular weight is 414 g/mol. The summed E-state index contributed by atoms with van der Waals surface area (Å²) in [4.78, 5) is 23.4. The molecule has 3 aromatic rings. The molecule has 0 radical (unpaired) electrons. The van der Waals surface area contributed by atoms with Crippen LogP contribution in [0.2, 0.25) is 0 Å². The summed E-state index contributed by atoms with van der Waals surface area (Å²) in [5, 5.41) is 9.04. The highest BCUT2D eigenvalue weighted by atomic mass is 16.5. The summed E-state index contributed by atoms with van der Waals surface area (Å²) >= 11 is 0. The molecule has 0 saturated heterocycles. The van der Waals surface area contributed by atoms with E-state index in [-0.39, 0.29) is 12.4 Å². The Morgan fingerprint density at radius 2 is 1.55 bits per heavy atom. The summed E-state index contributed by atoms with van der Waals surface area (Å²) in [7, 11) is 1.38. The van der Waals surface area contributed by atoms with Gasteiger partial charge in [-0.3, -0.25) is 4.79 Å². The Balaban J connectivity index is 1.52. The number of hydrogen-bond acceptors (Lipinski definition) is 4. The first kappa shape index (κ1) is 21.8. The van der Waals surface area contributed by atoms with E-state index in [0.717, 1.165) is 11.1 Å². The van der Waals surface area contributed by atoms with Gasteiger partial charge in [-0.25, -0.2) is 4.79 Å². The lowest BCUT2D eigenvalue weighted by Crippen LogP contribution is -2.24. The molecule has 0 amide bonds. The van der Waals surface area contributed by atoms with Crippen LogP contribution in [0.3, 0.4) is 0 Å². The molecule has 0 aliphatic carbocycles. The van der Waals surface area contributed by atoms with Crippen LogP contribution < -0.4 is 4.74 Å². The molecule has 3 aromatic carbocycles. The summed E-state index contributed by atoms with van der Waals surface area (Å²) < 4.78 is 10.6. The fourth-order valence-corrected chi connectivity index (χ4v) is 2.93.